The summed E-state index contributed by atoms with van der Waals surface area (Å²) in [7, 11) is 0. The van der Waals surface area contributed by atoms with Gasteiger partial charge in [0.2, 0.25) is 11.8 Å². The highest BCUT2D eigenvalue weighted by Gasteiger charge is 2.14. The Balaban J connectivity index is 2.17. The maximum Gasteiger partial charge on any atom is 0.236 e. The average molecular weight is 241 g/mol. The number of likely N-dealkylation sites (tertiary alicyclic amines) is 1. The van der Waals surface area contributed by atoms with E-state index in [0.717, 1.165) is 25.9 Å². The van der Waals surface area contributed by atoms with E-state index in [-0.39, 0.29) is 24.9 Å². The smallest absolute Gasteiger partial charge is 0.236 e. The topological polar surface area (TPSA) is 61.4 Å². The number of likely N-dealkylation sites (N-methyl/N-ethyl adjacent to an activating group) is 1. The van der Waals surface area contributed by atoms with Crippen molar-refractivity contribution in [2.24, 2.45) is 0 Å². The van der Waals surface area contributed by atoms with Crippen LogP contribution in [0.2, 0.25) is 0 Å². The maximum atomic E-state index is 11.8. The first-order valence-electron chi connectivity index (χ1n) is 6.49. The molecule has 0 aromatic heterocycles. The quantitative estimate of drug-likeness (QED) is 0.718. The van der Waals surface area contributed by atoms with Gasteiger partial charge in [-0.25, -0.2) is 0 Å². The van der Waals surface area contributed by atoms with Crippen LogP contribution in [0.25, 0.3) is 0 Å². The predicted octanol–water partition coefficient (Wildman–Crippen LogP) is 0.115. The molecule has 0 unspecified atom stereocenters. The summed E-state index contributed by atoms with van der Waals surface area (Å²) in [6, 6.07) is 0. The lowest BCUT2D eigenvalue weighted by Gasteiger charge is -2.20. The molecule has 98 valence electrons. The van der Waals surface area contributed by atoms with Gasteiger partial charge in [-0.2, -0.15) is 0 Å². The Morgan fingerprint density at radius 3 is 2.29 bits per heavy atom. The number of carbonyl (C=O) groups is 2. The average Bonchev–Trinajstić information content (AvgIpc) is 2.57. The van der Waals surface area contributed by atoms with E-state index < -0.39 is 0 Å². The number of rotatable bonds is 5. The Kier molecular flexibility index (Phi) is 6.62. The molecule has 1 aliphatic rings. The lowest BCUT2D eigenvalue weighted by Crippen LogP contribution is -2.42. The molecule has 1 heterocycles. The fourth-order valence-corrected chi connectivity index (χ4v) is 1.97. The summed E-state index contributed by atoms with van der Waals surface area (Å²) in [6.07, 6.45) is 4.64. The first-order chi connectivity index (χ1) is 8.24. The van der Waals surface area contributed by atoms with Crippen LogP contribution in [-0.4, -0.2) is 49.4 Å². The van der Waals surface area contributed by atoms with Crippen LogP contribution in [0.15, 0.2) is 0 Å². The minimum Gasteiger partial charge on any atom is -0.355 e. The standard InChI is InChI=1S/C12H23N3O2/c1-2-14-11(16)9-13-10-12(17)15-7-5-3-4-6-8-15/h13H,2-10H2,1H3,(H,14,16). The van der Waals surface area contributed by atoms with E-state index in [1.807, 2.05) is 11.8 Å². The zero-order valence-electron chi connectivity index (χ0n) is 10.6. The molecule has 0 atom stereocenters. The molecule has 2 amide bonds. The molecule has 0 spiro atoms. The van der Waals surface area contributed by atoms with E-state index in [9.17, 15) is 9.59 Å². The number of amides is 2. The van der Waals surface area contributed by atoms with Gasteiger partial charge in [-0.05, 0) is 19.8 Å². The molecule has 1 aliphatic heterocycles. The third-order valence-corrected chi connectivity index (χ3v) is 2.89. The second-order valence-electron chi connectivity index (χ2n) is 4.35. The van der Waals surface area contributed by atoms with Crippen molar-refractivity contribution >= 4 is 11.8 Å². The van der Waals surface area contributed by atoms with Crippen LogP contribution in [0.4, 0.5) is 0 Å². The van der Waals surface area contributed by atoms with Gasteiger partial charge in [-0.1, -0.05) is 12.8 Å². The summed E-state index contributed by atoms with van der Waals surface area (Å²) in [5.74, 6) is 0.0485. The van der Waals surface area contributed by atoms with Gasteiger partial charge in [0.05, 0.1) is 13.1 Å². The zero-order valence-corrected chi connectivity index (χ0v) is 10.6. The van der Waals surface area contributed by atoms with Crippen LogP contribution in [-0.2, 0) is 9.59 Å². The highest BCUT2D eigenvalue weighted by atomic mass is 16.2. The van der Waals surface area contributed by atoms with Gasteiger partial charge >= 0.3 is 0 Å². The number of carbonyl (C=O) groups excluding carboxylic acids is 2. The van der Waals surface area contributed by atoms with Crippen LogP contribution < -0.4 is 10.6 Å². The van der Waals surface area contributed by atoms with E-state index in [1.165, 1.54) is 12.8 Å². The van der Waals surface area contributed by atoms with Crippen molar-refractivity contribution in [3.8, 4) is 0 Å². The third kappa shape index (κ3) is 5.68. The van der Waals surface area contributed by atoms with Gasteiger partial charge in [0.25, 0.3) is 0 Å². The molecular weight excluding hydrogens is 218 g/mol. The molecule has 17 heavy (non-hydrogen) atoms. The van der Waals surface area contributed by atoms with Crippen molar-refractivity contribution in [1.82, 2.24) is 15.5 Å². The fraction of sp³-hybridized carbons (Fsp3) is 0.833. The molecule has 5 heteroatoms. The van der Waals surface area contributed by atoms with Gasteiger partial charge in [0.15, 0.2) is 0 Å². The lowest BCUT2D eigenvalue weighted by molar-refractivity contribution is -0.130. The van der Waals surface area contributed by atoms with Crippen molar-refractivity contribution in [3.63, 3.8) is 0 Å². The molecule has 1 fully saturated rings. The largest absolute Gasteiger partial charge is 0.355 e. The maximum absolute atomic E-state index is 11.8. The van der Waals surface area contributed by atoms with E-state index in [2.05, 4.69) is 10.6 Å². The van der Waals surface area contributed by atoms with Crippen molar-refractivity contribution in [3.05, 3.63) is 0 Å². The van der Waals surface area contributed by atoms with E-state index in [0.29, 0.717) is 6.54 Å². The number of hydrogen-bond acceptors (Lipinski definition) is 3. The van der Waals surface area contributed by atoms with Gasteiger partial charge in [0.1, 0.15) is 0 Å². The number of nitrogens with zero attached hydrogens (tertiary/aromatic N) is 1. The van der Waals surface area contributed by atoms with Crippen LogP contribution in [0, 0.1) is 0 Å². The van der Waals surface area contributed by atoms with Crippen LogP contribution >= 0.6 is 0 Å². The Labute approximate surface area is 103 Å². The second kappa shape index (κ2) is 8.06. The summed E-state index contributed by atoms with van der Waals surface area (Å²) >= 11 is 0. The molecule has 0 saturated carbocycles. The Morgan fingerprint density at radius 2 is 1.71 bits per heavy atom. The van der Waals surface area contributed by atoms with E-state index in [4.69, 9.17) is 0 Å². The van der Waals surface area contributed by atoms with Crippen molar-refractivity contribution in [2.45, 2.75) is 32.6 Å². The van der Waals surface area contributed by atoms with Crippen LogP contribution in [0.1, 0.15) is 32.6 Å². The molecule has 5 nitrogen and oxygen atoms in total. The van der Waals surface area contributed by atoms with Gasteiger partial charge < -0.3 is 10.2 Å². The van der Waals surface area contributed by atoms with Gasteiger partial charge in [0, 0.05) is 19.6 Å². The Morgan fingerprint density at radius 1 is 1.06 bits per heavy atom. The van der Waals surface area contributed by atoms with Crippen LogP contribution in [0.3, 0.4) is 0 Å². The van der Waals surface area contributed by atoms with E-state index in [1.54, 1.807) is 0 Å². The zero-order chi connectivity index (χ0) is 12.5. The summed E-state index contributed by atoms with van der Waals surface area (Å²) in [5, 5.41) is 5.57. The summed E-state index contributed by atoms with van der Waals surface area (Å²) in [4.78, 5) is 24.9. The molecular formula is C12H23N3O2. The lowest BCUT2D eigenvalue weighted by atomic mass is 10.2. The minimum absolute atomic E-state index is 0.0591. The summed E-state index contributed by atoms with van der Waals surface area (Å²) in [5.41, 5.74) is 0. The van der Waals surface area contributed by atoms with Gasteiger partial charge in [-0.3, -0.25) is 14.9 Å². The number of hydrogen-bond donors (Lipinski definition) is 2. The summed E-state index contributed by atoms with van der Waals surface area (Å²) < 4.78 is 0. The second-order valence-corrected chi connectivity index (χ2v) is 4.35. The molecule has 0 bridgehead atoms. The normalized spacial score (nSPS) is 16.4. The molecule has 0 aromatic rings. The van der Waals surface area contributed by atoms with E-state index >= 15 is 0 Å². The van der Waals surface area contributed by atoms with Gasteiger partial charge in [-0.15, -0.1) is 0 Å². The Bertz CT molecular complexity index is 248. The monoisotopic (exact) mass is 241 g/mol. The Hall–Kier alpha value is -1.10. The molecule has 0 aliphatic carbocycles. The molecule has 1 saturated heterocycles. The minimum atomic E-state index is -0.0591. The highest BCUT2D eigenvalue weighted by molar-refractivity contribution is 5.81. The summed E-state index contributed by atoms with van der Waals surface area (Å²) in [6.45, 7) is 4.70. The van der Waals surface area contributed by atoms with Crippen molar-refractivity contribution in [2.75, 3.05) is 32.7 Å². The fourth-order valence-electron chi connectivity index (χ4n) is 1.97. The SMILES string of the molecule is CCNC(=O)CNCC(=O)N1CCCCCC1. The van der Waals surface area contributed by atoms with Crippen LogP contribution in [0.5, 0.6) is 0 Å². The third-order valence-electron chi connectivity index (χ3n) is 2.89. The molecule has 0 aromatic carbocycles. The van der Waals surface area contributed by atoms with Crippen molar-refractivity contribution in [1.29, 1.82) is 0 Å². The first-order valence-corrected chi connectivity index (χ1v) is 6.49. The predicted molar refractivity (Wildman–Crippen MR) is 66.6 cm³/mol. The molecule has 1 rings (SSSR count). The molecule has 0 radical (unpaired) electrons. The van der Waals surface area contributed by atoms with Crippen molar-refractivity contribution < 1.29 is 9.59 Å². The number of nitrogens with one attached hydrogen (secondary N) is 2. The molecule has 2 N–H and O–H groups in total. The highest BCUT2D eigenvalue weighted by Crippen LogP contribution is 2.09. The first kappa shape index (κ1) is 14.0.